The smallest absolute Gasteiger partial charge is 0.256 e. The molecular weight excluding hydrogens is 506 g/mol. The van der Waals surface area contributed by atoms with Crippen LogP contribution in [0, 0.1) is 13.8 Å². The number of nitrogens with two attached hydrogens (primary N) is 1. The molecule has 1 aliphatic carbocycles. The van der Waals surface area contributed by atoms with Crippen molar-refractivity contribution in [1.82, 2.24) is 8.69 Å². The van der Waals surface area contributed by atoms with Crippen LogP contribution >= 0.6 is 11.6 Å². The standard InChI is InChI=1S/C25H28ClN3O4S2/c1-17-3-9-21(10-4-17)34(30,31)29(35(32,33)22-11-5-18(2)6-12-22)24-13-8-20(27)15-23(24)19-7-14-25(26)28-16-19/h3-7,9-12,14,16,20,23-24H,8,13,15,27H2,1-2H3/t20-,23+,24-/m0/s1. The number of hydrogen-bond donors (Lipinski definition) is 1. The summed E-state index contributed by atoms with van der Waals surface area (Å²) in [7, 11) is -8.88. The highest BCUT2D eigenvalue weighted by Crippen LogP contribution is 2.41. The van der Waals surface area contributed by atoms with Crippen molar-refractivity contribution in [3.8, 4) is 0 Å². The third-order valence-electron chi connectivity index (χ3n) is 6.42. The molecular formula is C25H28ClN3O4S2. The van der Waals surface area contributed by atoms with E-state index in [0.29, 0.717) is 27.3 Å². The number of aromatic nitrogens is 1. The molecule has 0 amide bonds. The second-order valence-electron chi connectivity index (χ2n) is 9.02. The second-order valence-corrected chi connectivity index (χ2v) is 13.3. The first-order valence-electron chi connectivity index (χ1n) is 11.3. The third-order valence-corrected chi connectivity index (χ3v) is 11.0. The molecule has 0 radical (unpaired) electrons. The van der Waals surface area contributed by atoms with Crippen molar-refractivity contribution in [2.24, 2.45) is 5.73 Å². The van der Waals surface area contributed by atoms with E-state index < -0.39 is 32.0 Å². The molecule has 35 heavy (non-hydrogen) atoms. The van der Waals surface area contributed by atoms with Crippen LogP contribution < -0.4 is 5.73 Å². The van der Waals surface area contributed by atoms with Crippen molar-refractivity contribution < 1.29 is 16.8 Å². The van der Waals surface area contributed by atoms with Crippen LogP contribution in [0.1, 0.15) is 41.9 Å². The van der Waals surface area contributed by atoms with Crippen molar-refractivity contribution in [3.05, 3.63) is 88.7 Å². The third kappa shape index (κ3) is 5.29. The Morgan fingerprint density at radius 1 is 0.829 bits per heavy atom. The zero-order valence-corrected chi connectivity index (χ0v) is 21.9. The Bertz CT molecular complexity index is 1320. The Labute approximate surface area is 212 Å². The first kappa shape index (κ1) is 25.8. The lowest BCUT2D eigenvalue weighted by atomic mass is 9.79. The predicted octanol–water partition coefficient (Wildman–Crippen LogP) is 4.40. The summed E-state index contributed by atoms with van der Waals surface area (Å²) in [6, 6.07) is 14.7. The van der Waals surface area contributed by atoms with Crippen LogP contribution in [-0.2, 0) is 20.0 Å². The number of rotatable bonds is 6. The number of benzene rings is 2. The lowest BCUT2D eigenvalue weighted by Gasteiger charge is -2.40. The monoisotopic (exact) mass is 533 g/mol. The lowest BCUT2D eigenvalue weighted by Crippen LogP contribution is -2.50. The van der Waals surface area contributed by atoms with Gasteiger partial charge in [-0.3, -0.25) is 0 Å². The minimum Gasteiger partial charge on any atom is -0.328 e. The molecule has 0 bridgehead atoms. The largest absolute Gasteiger partial charge is 0.328 e. The molecule has 0 saturated heterocycles. The van der Waals surface area contributed by atoms with Gasteiger partial charge in [-0.1, -0.05) is 56.8 Å². The molecule has 2 N–H and O–H groups in total. The van der Waals surface area contributed by atoms with Gasteiger partial charge in [0.25, 0.3) is 20.0 Å². The molecule has 1 heterocycles. The topological polar surface area (TPSA) is 110 Å². The minimum absolute atomic E-state index is 0.0818. The molecule has 2 aromatic carbocycles. The highest BCUT2D eigenvalue weighted by molar-refractivity contribution is 8.04. The van der Waals surface area contributed by atoms with E-state index in [-0.39, 0.29) is 22.3 Å². The Morgan fingerprint density at radius 2 is 1.34 bits per heavy atom. The zero-order valence-electron chi connectivity index (χ0n) is 19.5. The molecule has 1 saturated carbocycles. The summed E-state index contributed by atoms with van der Waals surface area (Å²) in [6.07, 6.45) is 2.75. The maximum absolute atomic E-state index is 14.0. The summed E-state index contributed by atoms with van der Waals surface area (Å²) >= 11 is 5.97. The van der Waals surface area contributed by atoms with Crippen LogP contribution in [-0.4, -0.2) is 37.6 Å². The van der Waals surface area contributed by atoms with Gasteiger partial charge in [0.2, 0.25) is 0 Å². The van der Waals surface area contributed by atoms with Gasteiger partial charge in [0, 0.05) is 24.2 Å². The van der Waals surface area contributed by atoms with Gasteiger partial charge in [0.1, 0.15) is 5.15 Å². The number of sulfonamides is 2. The van der Waals surface area contributed by atoms with Crippen LogP contribution in [0.5, 0.6) is 0 Å². The summed E-state index contributed by atoms with van der Waals surface area (Å²) in [5, 5.41) is 0.293. The van der Waals surface area contributed by atoms with Crippen molar-refractivity contribution in [2.45, 2.75) is 60.9 Å². The highest BCUT2D eigenvalue weighted by Gasteiger charge is 2.47. The fourth-order valence-corrected chi connectivity index (χ4v) is 8.77. The molecule has 4 rings (SSSR count). The maximum atomic E-state index is 14.0. The normalized spacial score (nSPS) is 21.2. The number of nitrogens with zero attached hydrogens (tertiary/aromatic N) is 2. The Balaban J connectivity index is 1.91. The van der Waals surface area contributed by atoms with E-state index in [1.54, 1.807) is 42.6 Å². The Morgan fingerprint density at radius 3 is 1.80 bits per heavy atom. The fraction of sp³-hybridized carbons (Fsp3) is 0.320. The molecule has 3 atom stereocenters. The molecule has 186 valence electrons. The number of aryl methyl sites for hydroxylation is 2. The Hall–Kier alpha value is -2.30. The maximum Gasteiger partial charge on any atom is 0.256 e. The van der Waals surface area contributed by atoms with E-state index in [1.165, 1.54) is 24.3 Å². The van der Waals surface area contributed by atoms with Crippen LogP contribution in [0.2, 0.25) is 5.15 Å². The van der Waals surface area contributed by atoms with Gasteiger partial charge in [0.15, 0.2) is 0 Å². The van der Waals surface area contributed by atoms with E-state index in [0.717, 1.165) is 11.1 Å². The molecule has 3 aromatic rings. The lowest BCUT2D eigenvalue weighted by molar-refractivity contribution is 0.268. The van der Waals surface area contributed by atoms with E-state index in [9.17, 15) is 16.8 Å². The van der Waals surface area contributed by atoms with Crippen LogP contribution in [0.4, 0.5) is 0 Å². The van der Waals surface area contributed by atoms with Crippen molar-refractivity contribution in [3.63, 3.8) is 0 Å². The summed E-state index contributed by atoms with van der Waals surface area (Å²) in [5.74, 6) is -0.482. The minimum atomic E-state index is -4.44. The van der Waals surface area contributed by atoms with Crippen LogP contribution in [0.15, 0.2) is 76.7 Å². The fourth-order valence-electron chi connectivity index (χ4n) is 4.52. The van der Waals surface area contributed by atoms with Crippen molar-refractivity contribution >= 4 is 31.6 Å². The first-order valence-corrected chi connectivity index (χ1v) is 14.6. The molecule has 7 nitrogen and oxygen atoms in total. The van der Waals surface area contributed by atoms with E-state index >= 15 is 0 Å². The molecule has 10 heteroatoms. The van der Waals surface area contributed by atoms with Crippen molar-refractivity contribution in [2.75, 3.05) is 0 Å². The Kier molecular flexibility index (Phi) is 7.36. The highest BCUT2D eigenvalue weighted by atomic mass is 35.5. The van der Waals surface area contributed by atoms with Crippen LogP contribution in [0.25, 0.3) is 0 Å². The molecule has 1 aliphatic rings. The number of hydrogen-bond acceptors (Lipinski definition) is 6. The molecule has 0 unspecified atom stereocenters. The zero-order chi connectivity index (χ0) is 25.4. The van der Waals surface area contributed by atoms with Crippen molar-refractivity contribution in [1.29, 1.82) is 0 Å². The van der Waals surface area contributed by atoms with Crippen LogP contribution in [0.3, 0.4) is 0 Å². The van der Waals surface area contributed by atoms with Gasteiger partial charge >= 0.3 is 0 Å². The SMILES string of the molecule is Cc1ccc(S(=O)(=O)N([C@H]2CC[C@H](N)C[C@@H]2c2ccc(Cl)nc2)S(=O)(=O)c2ccc(C)cc2)cc1. The average Bonchev–Trinajstić information content (AvgIpc) is 2.81. The van der Waals surface area contributed by atoms with E-state index in [4.69, 9.17) is 17.3 Å². The molecule has 0 spiro atoms. The molecule has 0 aliphatic heterocycles. The first-order chi connectivity index (χ1) is 16.5. The number of pyridine rings is 1. The summed E-state index contributed by atoms with van der Waals surface area (Å²) < 4.78 is 56.8. The summed E-state index contributed by atoms with van der Waals surface area (Å²) in [6.45, 7) is 3.67. The van der Waals surface area contributed by atoms with Gasteiger partial charge < -0.3 is 5.73 Å². The average molecular weight is 534 g/mol. The quantitative estimate of drug-likeness (QED) is 0.470. The van der Waals surface area contributed by atoms with Gasteiger partial charge in [-0.25, -0.2) is 21.8 Å². The number of halogens is 1. The van der Waals surface area contributed by atoms with Gasteiger partial charge in [-0.15, -0.1) is 0 Å². The van der Waals surface area contributed by atoms with Gasteiger partial charge in [0.05, 0.1) is 9.79 Å². The second kappa shape index (κ2) is 9.99. The summed E-state index contributed by atoms with van der Waals surface area (Å²) in [5.41, 5.74) is 8.69. The summed E-state index contributed by atoms with van der Waals surface area (Å²) in [4.78, 5) is 3.98. The van der Waals surface area contributed by atoms with E-state index in [2.05, 4.69) is 4.98 Å². The predicted molar refractivity (Wildman–Crippen MR) is 136 cm³/mol. The molecule has 1 fully saturated rings. The van der Waals surface area contributed by atoms with Gasteiger partial charge in [-0.05, 0) is 69.0 Å². The van der Waals surface area contributed by atoms with E-state index in [1.807, 2.05) is 13.8 Å². The van der Waals surface area contributed by atoms with Gasteiger partial charge in [-0.2, -0.15) is 0 Å². The molecule has 1 aromatic heterocycles.